The summed E-state index contributed by atoms with van der Waals surface area (Å²) in [7, 11) is 0. The van der Waals surface area contributed by atoms with Crippen LogP contribution in [0.5, 0.6) is 0 Å². The van der Waals surface area contributed by atoms with Gasteiger partial charge < -0.3 is 4.57 Å². The number of rotatable bonds is 1. The van der Waals surface area contributed by atoms with Gasteiger partial charge in [-0.1, -0.05) is 19.3 Å². The van der Waals surface area contributed by atoms with Gasteiger partial charge in [0.1, 0.15) is 0 Å². The lowest BCUT2D eigenvalue weighted by Gasteiger charge is -2.24. The maximum atomic E-state index is 4.13. The molecule has 3 nitrogen and oxygen atoms in total. The first kappa shape index (κ1) is 12.0. The third-order valence-corrected chi connectivity index (χ3v) is 3.62. The smallest absolute Gasteiger partial charge is 0.205 e. The summed E-state index contributed by atoms with van der Waals surface area (Å²) < 4.78 is 2.31. The largest absolute Gasteiger partial charge is 0.338 e. The monoisotopic (exact) mass is 251 g/mol. The Morgan fingerprint density at radius 1 is 1.00 bits per heavy atom. The number of aromatic nitrogens is 3. The van der Waals surface area contributed by atoms with Gasteiger partial charge in [0.05, 0.1) is 5.69 Å². The first-order chi connectivity index (χ1) is 9.43. The average molecular weight is 251 g/mol. The fourth-order valence-electron chi connectivity index (χ4n) is 2.66. The van der Waals surface area contributed by atoms with Gasteiger partial charge >= 0.3 is 0 Å². The van der Waals surface area contributed by atoms with E-state index >= 15 is 0 Å². The Morgan fingerprint density at radius 3 is 2.58 bits per heavy atom. The van der Waals surface area contributed by atoms with E-state index in [1.54, 1.807) is 18.5 Å². The van der Waals surface area contributed by atoms with Crippen LogP contribution in [0.15, 0.2) is 36.8 Å². The van der Waals surface area contributed by atoms with Crippen molar-refractivity contribution in [2.45, 2.75) is 38.1 Å². The molecule has 1 saturated carbocycles. The Bertz CT molecular complexity index is 583. The Kier molecular flexibility index (Phi) is 3.60. The van der Waals surface area contributed by atoms with Gasteiger partial charge in [0.2, 0.25) is 5.82 Å². The van der Waals surface area contributed by atoms with E-state index in [9.17, 15) is 0 Å². The highest BCUT2D eigenvalue weighted by Crippen LogP contribution is 2.29. The van der Waals surface area contributed by atoms with Crippen LogP contribution in [-0.4, -0.2) is 14.5 Å². The van der Waals surface area contributed by atoms with Crippen LogP contribution in [0, 0.1) is 11.8 Å². The van der Waals surface area contributed by atoms with Gasteiger partial charge in [-0.05, 0) is 42.9 Å². The van der Waals surface area contributed by atoms with Crippen molar-refractivity contribution in [1.29, 1.82) is 0 Å². The van der Waals surface area contributed by atoms with Crippen LogP contribution in [0.3, 0.4) is 0 Å². The SMILES string of the molecule is C(#Cc1cccn1C1CCCCC1)c1ncccn1. The summed E-state index contributed by atoms with van der Waals surface area (Å²) in [4.78, 5) is 8.25. The molecule has 0 atom stereocenters. The normalized spacial score (nSPS) is 15.8. The number of hydrogen-bond acceptors (Lipinski definition) is 2. The van der Waals surface area contributed by atoms with E-state index in [-0.39, 0.29) is 0 Å². The molecule has 1 fully saturated rings. The van der Waals surface area contributed by atoms with Crippen molar-refractivity contribution in [1.82, 2.24) is 14.5 Å². The second-order valence-electron chi connectivity index (χ2n) is 4.91. The third kappa shape index (κ3) is 2.85. The predicted octanol–water partition coefficient (Wildman–Crippen LogP) is 3.18. The molecule has 3 heteroatoms. The zero-order valence-electron chi connectivity index (χ0n) is 10.9. The Morgan fingerprint density at radius 2 is 1.79 bits per heavy atom. The van der Waals surface area contributed by atoms with Crippen LogP contribution < -0.4 is 0 Å². The lowest BCUT2D eigenvalue weighted by atomic mass is 9.95. The fourth-order valence-corrected chi connectivity index (χ4v) is 2.66. The second kappa shape index (κ2) is 5.71. The fraction of sp³-hybridized carbons (Fsp3) is 0.375. The first-order valence-corrected chi connectivity index (χ1v) is 6.89. The van der Waals surface area contributed by atoms with Crippen LogP contribution >= 0.6 is 0 Å². The molecule has 1 aliphatic carbocycles. The van der Waals surface area contributed by atoms with Crippen molar-refractivity contribution in [2.75, 3.05) is 0 Å². The van der Waals surface area contributed by atoms with Gasteiger partial charge in [0.15, 0.2) is 0 Å². The highest BCUT2D eigenvalue weighted by Gasteiger charge is 2.15. The van der Waals surface area contributed by atoms with E-state index in [0.29, 0.717) is 11.9 Å². The molecule has 0 aliphatic heterocycles. The standard InChI is InChI=1S/C16H17N3/c1-2-6-14(7-3-1)19-13-4-8-15(19)9-10-16-17-11-5-12-18-16/h4-5,8,11-14H,1-3,6-7H2. The summed E-state index contributed by atoms with van der Waals surface area (Å²) in [6.07, 6.45) is 12.2. The lowest BCUT2D eigenvalue weighted by molar-refractivity contribution is 0.352. The molecule has 2 aromatic rings. The molecule has 0 N–H and O–H groups in total. The van der Waals surface area contributed by atoms with Gasteiger partial charge in [-0.3, -0.25) is 0 Å². The minimum Gasteiger partial charge on any atom is -0.338 e. The van der Waals surface area contributed by atoms with Gasteiger partial charge in [-0.15, -0.1) is 0 Å². The summed E-state index contributed by atoms with van der Waals surface area (Å²) in [6.45, 7) is 0. The number of hydrogen-bond donors (Lipinski definition) is 0. The lowest BCUT2D eigenvalue weighted by Crippen LogP contribution is -2.13. The molecule has 1 aliphatic rings. The Labute approximate surface area is 113 Å². The number of nitrogens with zero attached hydrogens (tertiary/aromatic N) is 3. The van der Waals surface area contributed by atoms with E-state index in [2.05, 4.69) is 44.7 Å². The molecular weight excluding hydrogens is 234 g/mol. The molecule has 0 radical (unpaired) electrons. The molecule has 96 valence electrons. The van der Waals surface area contributed by atoms with Crippen LogP contribution in [0.25, 0.3) is 0 Å². The molecule has 0 amide bonds. The van der Waals surface area contributed by atoms with Gasteiger partial charge in [0.25, 0.3) is 0 Å². The van der Waals surface area contributed by atoms with Gasteiger partial charge in [-0.25, -0.2) is 9.97 Å². The zero-order chi connectivity index (χ0) is 12.9. The molecule has 0 saturated heterocycles. The van der Waals surface area contributed by atoms with E-state index in [1.165, 1.54) is 32.1 Å². The van der Waals surface area contributed by atoms with Crippen molar-refractivity contribution < 1.29 is 0 Å². The summed E-state index contributed by atoms with van der Waals surface area (Å²) in [5, 5.41) is 0. The van der Waals surface area contributed by atoms with Crippen molar-refractivity contribution in [3.8, 4) is 11.8 Å². The molecular formula is C16H17N3. The van der Waals surface area contributed by atoms with Crippen molar-refractivity contribution >= 4 is 0 Å². The van der Waals surface area contributed by atoms with Crippen LogP contribution in [-0.2, 0) is 0 Å². The quantitative estimate of drug-likeness (QED) is 0.729. The molecule has 0 aromatic carbocycles. The molecule has 3 rings (SSSR count). The molecule has 0 unspecified atom stereocenters. The average Bonchev–Trinajstić information content (AvgIpc) is 2.95. The van der Waals surface area contributed by atoms with Crippen LogP contribution in [0.2, 0.25) is 0 Å². The van der Waals surface area contributed by atoms with Crippen molar-refractivity contribution in [2.24, 2.45) is 0 Å². The molecule has 0 spiro atoms. The molecule has 2 aromatic heterocycles. The van der Waals surface area contributed by atoms with Gasteiger partial charge in [0, 0.05) is 24.6 Å². The minimum atomic E-state index is 0.582. The predicted molar refractivity (Wildman–Crippen MR) is 74.6 cm³/mol. The maximum Gasteiger partial charge on any atom is 0.205 e. The van der Waals surface area contributed by atoms with Crippen LogP contribution in [0.4, 0.5) is 0 Å². The summed E-state index contributed by atoms with van der Waals surface area (Å²) in [5.41, 5.74) is 1.07. The maximum absolute atomic E-state index is 4.13. The summed E-state index contributed by atoms with van der Waals surface area (Å²) >= 11 is 0. The highest BCUT2D eigenvalue weighted by atomic mass is 15.0. The van der Waals surface area contributed by atoms with E-state index in [1.807, 2.05) is 0 Å². The van der Waals surface area contributed by atoms with Crippen molar-refractivity contribution in [3.05, 3.63) is 48.3 Å². The van der Waals surface area contributed by atoms with Gasteiger partial charge in [-0.2, -0.15) is 0 Å². The molecule has 2 heterocycles. The summed E-state index contributed by atoms with van der Waals surface area (Å²) in [5.74, 6) is 6.81. The minimum absolute atomic E-state index is 0.582. The van der Waals surface area contributed by atoms with Crippen molar-refractivity contribution in [3.63, 3.8) is 0 Å². The second-order valence-corrected chi connectivity index (χ2v) is 4.91. The zero-order valence-corrected chi connectivity index (χ0v) is 10.9. The third-order valence-electron chi connectivity index (χ3n) is 3.62. The van der Waals surface area contributed by atoms with Crippen LogP contribution in [0.1, 0.15) is 49.7 Å². The summed E-state index contributed by atoms with van der Waals surface area (Å²) in [6, 6.07) is 6.56. The topological polar surface area (TPSA) is 30.7 Å². The van der Waals surface area contributed by atoms with E-state index in [0.717, 1.165) is 5.69 Å². The Balaban J connectivity index is 1.82. The van der Waals surface area contributed by atoms with E-state index < -0.39 is 0 Å². The Hall–Kier alpha value is -2.08. The van der Waals surface area contributed by atoms with E-state index in [4.69, 9.17) is 0 Å². The molecule has 19 heavy (non-hydrogen) atoms. The highest BCUT2D eigenvalue weighted by molar-refractivity contribution is 5.34. The molecule has 0 bridgehead atoms. The first-order valence-electron chi connectivity index (χ1n) is 6.89.